The first-order valence-corrected chi connectivity index (χ1v) is 4.31. The summed E-state index contributed by atoms with van der Waals surface area (Å²) in [7, 11) is 0. The normalized spacial score (nSPS) is 9.42. The number of hydrogen-bond acceptors (Lipinski definition) is 0. The van der Waals surface area contributed by atoms with Gasteiger partial charge in [0.25, 0.3) is 0 Å². The molecule has 0 bridgehead atoms. The fourth-order valence-corrected chi connectivity index (χ4v) is 1.36. The maximum Gasteiger partial charge on any atom is 0.187 e. The van der Waals surface area contributed by atoms with Crippen molar-refractivity contribution in [1.82, 2.24) is 0 Å². The second-order valence-corrected chi connectivity index (χ2v) is 2.77. The van der Waals surface area contributed by atoms with E-state index in [9.17, 15) is 0 Å². The maximum absolute atomic E-state index is 6.87. The van der Waals surface area contributed by atoms with Crippen molar-refractivity contribution in [2.75, 3.05) is 0 Å². The van der Waals surface area contributed by atoms with Gasteiger partial charge in [0.05, 0.1) is 6.57 Å². The van der Waals surface area contributed by atoms with E-state index in [1.54, 1.807) is 0 Å². The van der Waals surface area contributed by atoms with Crippen molar-refractivity contribution in [3.8, 4) is 0 Å². The molecular formula is C11H13N. The van der Waals surface area contributed by atoms with E-state index in [-0.39, 0.29) is 0 Å². The summed E-state index contributed by atoms with van der Waals surface area (Å²) in [5.74, 6) is 0. The van der Waals surface area contributed by atoms with Gasteiger partial charge < -0.3 is 0 Å². The van der Waals surface area contributed by atoms with Crippen molar-refractivity contribution < 1.29 is 0 Å². The molecule has 62 valence electrons. The van der Waals surface area contributed by atoms with E-state index >= 15 is 0 Å². The predicted octanol–water partition coefficient (Wildman–Crippen LogP) is 3.36. The molecule has 0 aliphatic rings. The molecule has 12 heavy (non-hydrogen) atoms. The molecule has 0 amide bonds. The summed E-state index contributed by atoms with van der Waals surface area (Å²) in [6.45, 7) is 11.1. The van der Waals surface area contributed by atoms with Crippen LogP contribution in [0.5, 0.6) is 0 Å². The van der Waals surface area contributed by atoms with Gasteiger partial charge in [0.1, 0.15) is 0 Å². The van der Waals surface area contributed by atoms with Crippen LogP contribution >= 0.6 is 0 Å². The highest BCUT2D eigenvalue weighted by atomic mass is 14.6. The van der Waals surface area contributed by atoms with E-state index in [4.69, 9.17) is 6.57 Å². The van der Waals surface area contributed by atoms with Gasteiger partial charge in [-0.15, -0.1) is 0 Å². The number of hydrogen-bond donors (Lipinski definition) is 0. The van der Waals surface area contributed by atoms with E-state index in [1.165, 1.54) is 11.1 Å². The van der Waals surface area contributed by atoms with Crippen LogP contribution in [0.15, 0.2) is 18.2 Å². The van der Waals surface area contributed by atoms with Crippen LogP contribution in [0.25, 0.3) is 4.85 Å². The van der Waals surface area contributed by atoms with Crippen LogP contribution in [0.3, 0.4) is 0 Å². The minimum absolute atomic E-state index is 0.754. The van der Waals surface area contributed by atoms with Gasteiger partial charge in [0, 0.05) is 0 Å². The average Bonchev–Trinajstić information content (AvgIpc) is 2.16. The van der Waals surface area contributed by atoms with Gasteiger partial charge in [-0.25, -0.2) is 4.85 Å². The summed E-state index contributed by atoms with van der Waals surface area (Å²) >= 11 is 0. The molecule has 1 rings (SSSR count). The monoisotopic (exact) mass is 159 g/mol. The zero-order valence-electron chi connectivity index (χ0n) is 7.59. The van der Waals surface area contributed by atoms with Crippen LogP contribution in [-0.4, -0.2) is 0 Å². The van der Waals surface area contributed by atoms with E-state index in [1.807, 2.05) is 12.1 Å². The molecule has 1 nitrogen and oxygen atoms in total. The Morgan fingerprint density at radius 1 is 1.17 bits per heavy atom. The standard InChI is InChI=1S/C11H13N/c1-4-9-6-7-11(12-3)8-10(9)5-2/h6-8H,4-5H2,1-2H3. The molecular weight excluding hydrogens is 146 g/mol. The molecule has 1 aromatic carbocycles. The molecule has 0 unspecified atom stereocenters. The van der Waals surface area contributed by atoms with Gasteiger partial charge in [-0.2, -0.15) is 0 Å². The Labute approximate surface area is 73.9 Å². The third-order valence-electron chi connectivity index (χ3n) is 2.08. The first kappa shape index (κ1) is 8.80. The van der Waals surface area contributed by atoms with E-state index < -0.39 is 0 Å². The fraction of sp³-hybridized carbons (Fsp3) is 0.364. The topological polar surface area (TPSA) is 4.36 Å². The largest absolute Gasteiger partial charge is 0.238 e. The average molecular weight is 159 g/mol. The Morgan fingerprint density at radius 2 is 1.83 bits per heavy atom. The van der Waals surface area contributed by atoms with Crippen molar-refractivity contribution in [3.05, 3.63) is 40.7 Å². The zero-order valence-corrected chi connectivity index (χ0v) is 7.59. The third kappa shape index (κ3) is 1.65. The minimum atomic E-state index is 0.754. The SMILES string of the molecule is [C-]#[N+]c1ccc(CC)c(CC)c1. The first-order valence-electron chi connectivity index (χ1n) is 4.31. The summed E-state index contributed by atoms with van der Waals surface area (Å²) in [6, 6.07) is 5.95. The molecule has 0 fully saturated rings. The molecule has 0 atom stereocenters. The molecule has 0 spiro atoms. The lowest BCUT2D eigenvalue weighted by molar-refractivity contribution is 1.04. The zero-order chi connectivity index (χ0) is 8.97. The van der Waals surface area contributed by atoms with E-state index in [0.29, 0.717) is 0 Å². The highest BCUT2D eigenvalue weighted by molar-refractivity contribution is 5.49. The Morgan fingerprint density at radius 3 is 2.33 bits per heavy atom. The summed E-state index contributed by atoms with van der Waals surface area (Å²) in [5, 5.41) is 0. The van der Waals surface area contributed by atoms with Crippen LogP contribution in [0.2, 0.25) is 0 Å². The molecule has 0 N–H and O–H groups in total. The summed E-state index contributed by atoms with van der Waals surface area (Å²) in [4.78, 5) is 3.40. The number of rotatable bonds is 2. The van der Waals surface area contributed by atoms with Gasteiger partial charge in [0.2, 0.25) is 0 Å². The lowest BCUT2D eigenvalue weighted by Gasteiger charge is -2.04. The smallest absolute Gasteiger partial charge is 0.187 e. The van der Waals surface area contributed by atoms with Crippen LogP contribution in [-0.2, 0) is 12.8 Å². The van der Waals surface area contributed by atoms with Crippen molar-refractivity contribution >= 4 is 5.69 Å². The summed E-state index contributed by atoms with van der Waals surface area (Å²) in [6.07, 6.45) is 2.08. The molecule has 0 aliphatic carbocycles. The highest BCUT2D eigenvalue weighted by Gasteiger charge is 1.99. The predicted molar refractivity (Wildman–Crippen MR) is 51.5 cm³/mol. The van der Waals surface area contributed by atoms with Gasteiger partial charge in [0.15, 0.2) is 5.69 Å². The Balaban J connectivity index is 3.13. The van der Waals surface area contributed by atoms with Crippen LogP contribution in [0.1, 0.15) is 25.0 Å². The third-order valence-corrected chi connectivity index (χ3v) is 2.08. The molecule has 0 aromatic heterocycles. The van der Waals surface area contributed by atoms with Crippen LogP contribution in [0.4, 0.5) is 5.69 Å². The summed E-state index contributed by atoms with van der Waals surface area (Å²) < 4.78 is 0. The lowest BCUT2D eigenvalue weighted by Crippen LogP contribution is -1.88. The van der Waals surface area contributed by atoms with Crippen LogP contribution < -0.4 is 0 Å². The fourth-order valence-electron chi connectivity index (χ4n) is 1.36. The number of benzene rings is 1. The molecule has 0 saturated heterocycles. The molecule has 0 radical (unpaired) electrons. The second kappa shape index (κ2) is 3.92. The van der Waals surface area contributed by atoms with Crippen LogP contribution in [0, 0.1) is 6.57 Å². The highest BCUT2D eigenvalue weighted by Crippen LogP contribution is 2.19. The Bertz CT molecular complexity index is 307. The first-order chi connectivity index (χ1) is 5.81. The van der Waals surface area contributed by atoms with Gasteiger partial charge in [-0.3, -0.25) is 0 Å². The van der Waals surface area contributed by atoms with E-state index in [0.717, 1.165) is 18.5 Å². The molecule has 0 aliphatic heterocycles. The Kier molecular flexibility index (Phi) is 2.88. The lowest BCUT2D eigenvalue weighted by atomic mass is 10.0. The van der Waals surface area contributed by atoms with Crippen molar-refractivity contribution in [3.63, 3.8) is 0 Å². The van der Waals surface area contributed by atoms with Gasteiger partial charge in [-0.1, -0.05) is 37.6 Å². The summed E-state index contributed by atoms with van der Waals surface area (Å²) in [5.41, 5.74) is 3.43. The maximum atomic E-state index is 6.87. The van der Waals surface area contributed by atoms with Crippen molar-refractivity contribution in [2.45, 2.75) is 26.7 Å². The minimum Gasteiger partial charge on any atom is -0.238 e. The van der Waals surface area contributed by atoms with Gasteiger partial charge in [-0.05, 0) is 18.4 Å². The number of nitrogens with zero attached hydrogens (tertiary/aromatic N) is 1. The van der Waals surface area contributed by atoms with Crippen molar-refractivity contribution in [1.29, 1.82) is 0 Å². The number of aryl methyl sites for hydroxylation is 2. The Hall–Kier alpha value is -1.29. The molecule has 1 heteroatoms. The van der Waals surface area contributed by atoms with Gasteiger partial charge >= 0.3 is 0 Å². The second-order valence-electron chi connectivity index (χ2n) is 2.77. The molecule has 1 aromatic rings. The molecule has 0 heterocycles. The quantitative estimate of drug-likeness (QED) is 0.583. The molecule has 0 saturated carbocycles. The van der Waals surface area contributed by atoms with E-state index in [2.05, 4.69) is 24.8 Å². The van der Waals surface area contributed by atoms with Crippen molar-refractivity contribution in [2.24, 2.45) is 0 Å².